The molecular weight excluding hydrogens is 280 g/mol. The van der Waals surface area contributed by atoms with Gasteiger partial charge in [-0.15, -0.1) is 0 Å². The zero-order chi connectivity index (χ0) is 14.5. The number of methoxy groups -OCH3 is 1. The molecule has 0 unspecified atom stereocenters. The number of carbonyl (C=O) groups excluding carboxylic acids is 2. The normalized spacial score (nSPS) is 18.4. The lowest BCUT2D eigenvalue weighted by atomic mass is 10.0. The number of carbonyl (C=O) groups is 2. The zero-order valence-corrected chi connectivity index (χ0v) is 12.0. The minimum atomic E-state index is -0.506. The van der Waals surface area contributed by atoms with Gasteiger partial charge in [-0.05, 0) is 37.6 Å². The molecule has 1 atom stereocenters. The Hall–Kier alpha value is -1.59. The first-order valence-corrected chi connectivity index (χ1v) is 6.91. The number of benzene rings is 1. The Morgan fingerprint density at radius 3 is 2.85 bits per heavy atom. The average Bonchev–Trinajstić information content (AvgIpc) is 2.47. The van der Waals surface area contributed by atoms with Crippen molar-refractivity contribution >= 4 is 29.2 Å². The molecule has 1 aliphatic heterocycles. The van der Waals surface area contributed by atoms with Crippen LogP contribution >= 0.6 is 11.6 Å². The van der Waals surface area contributed by atoms with Crippen LogP contribution in [-0.2, 0) is 9.53 Å². The molecule has 0 saturated carbocycles. The van der Waals surface area contributed by atoms with Crippen molar-refractivity contribution in [1.82, 2.24) is 5.32 Å². The topological polar surface area (TPSA) is 67.4 Å². The van der Waals surface area contributed by atoms with Gasteiger partial charge in [-0.1, -0.05) is 18.0 Å². The minimum absolute atomic E-state index is 0.155. The van der Waals surface area contributed by atoms with Gasteiger partial charge in [0.05, 0.1) is 24.4 Å². The summed E-state index contributed by atoms with van der Waals surface area (Å²) in [5.41, 5.74) is 0.669. The molecule has 1 heterocycles. The lowest BCUT2D eigenvalue weighted by Gasteiger charge is -2.23. The highest BCUT2D eigenvalue weighted by Gasteiger charge is 2.22. The quantitative estimate of drug-likeness (QED) is 0.839. The van der Waals surface area contributed by atoms with Crippen LogP contribution in [0.1, 0.15) is 29.6 Å². The molecule has 1 aromatic carbocycles. The summed E-state index contributed by atoms with van der Waals surface area (Å²) in [5, 5.41) is 6.35. The molecule has 20 heavy (non-hydrogen) atoms. The largest absolute Gasteiger partial charge is 0.465 e. The van der Waals surface area contributed by atoms with Crippen molar-refractivity contribution in [3.05, 3.63) is 28.8 Å². The summed E-state index contributed by atoms with van der Waals surface area (Å²) in [6, 6.07) is 4.45. The Balaban J connectivity index is 2.16. The maximum absolute atomic E-state index is 12.2. The lowest BCUT2D eigenvalue weighted by molar-refractivity contribution is -0.118. The molecule has 1 amide bonds. The number of amides is 1. The molecular formula is C14H17ClN2O3. The lowest BCUT2D eigenvalue weighted by Crippen LogP contribution is -2.43. The van der Waals surface area contributed by atoms with Crippen LogP contribution < -0.4 is 10.6 Å². The van der Waals surface area contributed by atoms with Gasteiger partial charge in [0.2, 0.25) is 5.91 Å². The number of piperidine rings is 1. The molecule has 1 fully saturated rings. The molecule has 6 heteroatoms. The van der Waals surface area contributed by atoms with Crippen LogP contribution in [0, 0.1) is 0 Å². The second-order valence-corrected chi connectivity index (χ2v) is 5.11. The number of ether oxygens (including phenoxy) is 1. The Morgan fingerprint density at radius 2 is 2.20 bits per heavy atom. The summed E-state index contributed by atoms with van der Waals surface area (Å²) in [6.07, 6.45) is 2.89. The maximum atomic E-state index is 12.2. The molecule has 2 N–H and O–H groups in total. The molecule has 2 rings (SSSR count). The Labute approximate surface area is 122 Å². The molecule has 0 spiro atoms. The third kappa shape index (κ3) is 3.49. The SMILES string of the molecule is COC(=O)c1ccc(Cl)cc1NC(=O)[C@@H]1CCCCN1. The van der Waals surface area contributed by atoms with Gasteiger partial charge >= 0.3 is 5.97 Å². The number of halogens is 1. The van der Waals surface area contributed by atoms with E-state index in [1.54, 1.807) is 12.1 Å². The predicted molar refractivity (Wildman–Crippen MR) is 77.1 cm³/mol. The average molecular weight is 297 g/mol. The van der Waals surface area contributed by atoms with Crippen molar-refractivity contribution in [2.45, 2.75) is 25.3 Å². The van der Waals surface area contributed by atoms with Crippen LogP contribution in [0.4, 0.5) is 5.69 Å². The molecule has 1 aliphatic rings. The van der Waals surface area contributed by atoms with Gasteiger partial charge in [0.1, 0.15) is 0 Å². The van der Waals surface area contributed by atoms with Crippen LogP contribution in [0.5, 0.6) is 0 Å². The van der Waals surface area contributed by atoms with E-state index in [9.17, 15) is 9.59 Å². The first-order chi connectivity index (χ1) is 9.61. The number of nitrogens with one attached hydrogen (secondary N) is 2. The van der Waals surface area contributed by atoms with Gasteiger partial charge in [-0.3, -0.25) is 4.79 Å². The van der Waals surface area contributed by atoms with Crippen LogP contribution in [-0.4, -0.2) is 31.6 Å². The summed E-state index contributed by atoms with van der Waals surface area (Å²) < 4.78 is 4.69. The summed E-state index contributed by atoms with van der Waals surface area (Å²) in [7, 11) is 1.30. The number of rotatable bonds is 3. The minimum Gasteiger partial charge on any atom is -0.465 e. The Kier molecular flexibility index (Phi) is 4.98. The Bertz CT molecular complexity index is 513. The van der Waals surface area contributed by atoms with E-state index in [0.717, 1.165) is 25.8 Å². The molecule has 0 aromatic heterocycles. The van der Waals surface area contributed by atoms with Gasteiger partial charge in [0, 0.05) is 5.02 Å². The summed E-state index contributed by atoms with van der Waals surface area (Å²) in [4.78, 5) is 23.8. The number of anilines is 1. The van der Waals surface area contributed by atoms with Crippen LogP contribution in [0.2, 0.25) is 5.02 Å². The second-order valence-electron chi connectivity index (χ2n) is 4.67. The van der Waals surface area contributed by atoms with Crippen molar-refractivity contribution in [2.24, 2.45) is 0 Å². The first-order valence-electron chi connectivity index (χ1n) is 6.54. The van der Waals surface area contributed by atoms with Crippen molar-refractivity contribution < 1.29 is 14.3 Å². The number of esters is 1. The highest BCUT2D eigenvalue weighted by atomic mass is 35.5. The highest BCUT2D eigenvalue weighted by Crippen LogP contribution is 2.22. The van der Waals surface area contributed by atoms with Gasteiger partial charge in [0.15, 0.2) is 0 Å². The maximum Gasteiger partial charge on any atom is 0.339 e. The van der Waals surface area contributed by atoms with E-state index in [1.165, 1.54) is 13.2 Å². The molecule has 0 radical (unpaired) electrons. The second kappa shape index (κ2) is 6.72. The number of hydrogen-bond donors (Lipinski definition) is 2. The smallest absolute Gasteiger partial charge is 0.339 e. The van der Waals surface area contributed by atoms with Crippen LogP contribution in [0.3, 0.4) is 0 Å². The summed E-state index contributed by atoms with van der Waals surface area (Å²) >= 11 is 5.91. The van der Waals surface area contributed by atoms with Gasteiger partial charge < -0.3 is 15.4 Å². The van der Waals surface area contributed by atoms with Crippen molar-refractivity contribution in [3.63, 3.8) is 0 Å². The predicted octanol–water partition coefficient (Wildman–Crippen LogP) is 2.21. The zero-order valence-electron chi connectivity index (χ0n) is 11.2. The highest BCUT2D eigenvalue weighted by molar-refractivity contribution is 6.31. The fraction of sp³-hybridized carbons (Fsp3) is 0.429. The van der Waals surface area contributed by atoms with E-state index in [4.69, 9.17) is 16.3 Å². The third-order valence-electron chi connectivity index (χ3n) is 3.27. The fourth-order valence-electron chi connectivity index (χ4n) is 2.20. The molecule has 5 nitrogen and oxygen atoms in total. The van der Waals surface area contributed by atoms with E-state index in [0.29, 0.717) is 16.3 Å². The van der Waals surface area contributed by atoms with Crippen molar-refractivity contribution in [3.8, 4) is 0 Å². The van der Waals surface area contributed by atoms with E-state index < -0.39 is 5.97 Å². The monoisotopic (exact) mass is 296 g/mol. The van der Waals surface area contributed by atoms with Gasteiger partial charge in [-0.25, -0.2) is 4.79 Å². The molecule has 108 valence electrons. The fourth-order valence-corrected chi connectivity index (χ4v) is 2.38. The van der Waals surface area contributed by atoms with Crippen LogP contribution in [0.15, 0.2) is 18.2 Å². The number of hydrogen-bond acceptors (Lipinski definition) is 4. The van der Waals surface area contributed by atoms with Crippen LogP contribution in [0.25, 0.3) is 0 Å². The van der Waals surface area contributed by atoms with E-state index >= 15 is 0 Å². The molecule has 1 aromatic rings. The molecule has 0 bridgehead atoms. The van der Waals surface area contributed by atoms with Crippen molar-refractivity contribution in [2.75, 3.05) is 19.0 Å². The van der Waals surface area contributed by atoms with E-state index in [-0.39, 0.29) is 11.9 Å². The molecule has 1 saturated heterocycles. The van der Waals surface area contributed by atoms with E-state index in [2.05, 4.69) is 10.6 Å². The van der Waals surface area contributed by atoms with Crippen molar-refractivity contribution in [1.29, 1.82) is 0 Å². The molecule has 0 aliphatic carbocycles. The summed E-state index contributed by atoms with van der Waals surface area (Å²) in [5.74, 6) is -0.661. The van der Waals surface area contributed by atoms with Gasteiger partial charge in [0.25, 0.3) is 0 Å². The first kappa shape index (κ1) is 14.8. The summed E-state index contributed by atoms with van der Waals surface area (Å²) in [6.45, 7) is 0.831. The Morgan fingerprint density at radius 1 is 1.40 bits per heavy atom. The van der Waals surface area contributed by atoms with Gasteiger partial charge in [-0.2, -0.15) is 0 Å². The van der Waals surface area contributed by atoms with E-state index in [1.807, 2.05) is 0 Å². The standard InChI is InChI=1S/C14H17ClN2O3/c1-20-14(19)10-6-5-9(15)8-12(10)17-13(18)11-4-2-3-7-16-11/h5-6,8,11,16H,2-4,7H2,1H3,(H,17,18)/t11-/m0/s1. The third-order valence-corrected chi connectivity index (χ3v) is 3.51.